The fourth-order valence-corrected chi connectivity index (χ4v) is 3.66. The van der Waals surface area contributed by atoms with Crippen LogP contribution in [0.3, 0.4) is 0 Å². The van der Waals surface area contributed by atoms with Gasteiger partial charge in [0.05, 0.1) is 25.3 Å². The van der Waals surface area contributed by atoms with E-state index in [1.54, 1.807) is 11.1 Å². The summed E-state index contributed by atoms with van der Waals surface area (Å²) in [7, 11) is 0. The molecule has 2 aliphatic heterocycles. The molecule has 2 saturated heterocycles. The summed E-state index contributed by atoms with van der Waals surface area (Å²) < 4.78 is 11.0. The van der Waals surface area contributed by atoms with Gasteiger partial charge in [0, 0.05) is 19.7 Å². The van der Waals surface area contributed by atoms with Crippen LogP contribution in [-0.4, -0.2) is 59.3 Å². The molecule has 2 atom stereocenters. The normalized spacial score (nSPS) is 25.4. The number of nitrogens with zero attached hydrogens (tertiary/aromatic N) is 2. The van der Waals surface area contributed by atoms with Gasteiger partial charge in [-0.3, -0.25) is 9.59 Å². The fraction of sp³-hybridized carbons (Fsp3) is 0.643. The molecule has 8 heteroatoms. The number of aromatic nitrogens is 1. The Labute approximate surface area is 131 Å². The third-order valence-electron chi connectivity index (χ3n) is 3.77. The molecule has 0 spiro atoms. The van der Waals surface area contributed by atoms with Gasteiger partial charge in [0.1, 0.15) is 16.0 Å². The van der Waals surface area contributed by atoms with Gasteiger partial charge in [-0.05, 0) is 12.8 Å². The predicted octanol–water partition coefficient (Wildman–Crippen LogP) is 1.31. The number of carboxylic acids is 1. The van der Waals surface area contributed by atoms with Gasteiger partial charge in [0.25, 0.3) is 5.91 Å². The molecule has 3 rings (SSSR count). The third-order valence-corrected chi connectivity index (χ3v) is 4.85. The minimum absolute atomic E-state index is 0.0102. The molecule has 120 valence electrons. The van der Waals surface area contributed by atoms with Crippen molar-refractivity contribution < 1.29 is 24.2 Å². The summed E-state index contributed by atoms with van der Waals surface area (Å²) in [6.07, 6.45) is 3.03. The summed E-state index contributed by atoms with van der Waals surface area (Å²) in [5.41, 5.74) is 0. The summed E-state index contributed by atoms with van der Waals surface area (Å²) in [4.78, 5) is 29.8. The van der Waals surface area contributed by atoms with Crippen molar-refractivity contribution in [2.24, 2.45) is 0 Å². The van der Waals surface area contributed by atoms with Crippen LogP contribution in [-0.2, 0) is 14.3 Å². The molecule has 7 nitrogen and oxygen atoms in total. The van der Waals surface area contributed by atoms with Crippen LogP contribution in [0.25, 0.3) is 0 Å². The standard InChI is InChI=1S/C14H18N2O5S/c17-12(18)6-9-8-16(3-5-20-9)14(19)11-7-15-13(22-11)10-2-1-4-21-10/h7,9-10H,1-6,8H2,(H,17,18). The van der Waals surface area contributed by atoms with Gasteiger partial charge in [0.15, 0.2) is 0 Å². The van der Waals surface area contributed by atoms with E-state index < -0.39 is 12.1 Å². The number of carbonyl (C=O) groups is 2. The SMILES string of the molecule is O=C(O)CC1CN(C(=O)c2cnc(C3CCCO3)s2)CCO1. The number of hydrogen-bond donors (Lipinski definition) is 1. The highest BCUT2D eigenvalue weighted by molar-refractivity contribution is 7.13. The molecule has 0 saturated carbocycles. The number of aliphatic carboxylic acids is 1. The molecule has 22 heavy (non-hydrogen) atoms. The Hall–Kier alpha value is -1.51. The van der Waals surface area contributed by atoms with Gasteiger partial charge in [-0.25, -0.2) is 4.98 Å². The molecule has 0 bridgehead atoms. The predicted molar refractivity (Wildman–Crippen MR) is 77.9 cm³/mol. The summed E-state index contributed by atoms with van der Waals surface area (Å²) >= 11 is 1.36. The molecule has 3 heterocycles. The molecule has 1 N–H and O–H groups in total. The van der Waals surface area contributed by atoms with E-state index in [0.29, 0.717) is 24.6 Å². The van der Waals surface area contributed by atoms with E-state index in [0.717, 1.165) is 24.5 Å². The number of morpholine rings is 1. The highest BCUT2D eigenvalue weighted by Crippen LogP contribution is 2.31. The molecule has 2 fully saturated rings. The van der Waals surface area contributed by atoms with Crippen molar-refractivity contribution in [1.82, 2.24) is 9.88 Å². The van der Waals surface area contributed by atoms with Gasteiger partial charge in [-0.2, -0.15) is 0 Å². The summed E-state index contributed by atoms with van der Waals surface area (Å²) in [6, 6.07) is 0. The summed E-state index contributed by atoms with van der Waals surface area (Å²) in [6.45, 7) is 1.88. The van der Waals surface area contributed by atoms with Gasteiger partial charge in [0.2, 0.25) is 0 Å². The lowest BCUT2D eigenvalue weighted by Gasteiger charge is -2.31. The Bertz CT molecular complexity index is 555. The molecule has 2 unspecified atom stereocenters. The highest BCUT2D eigenvalue weighted by atomic mass is 32.1. The number of thiazole rings is 1. The minimum Gasteiger partial charge on any atom is -0.481 e. The lowest BCUT2D eigenvalue weighted by atomic mass is 10.2. The smallest absolute Gasteiger partial charge is 0.306 e. The Morgan fingerprint density at radius 2 is 2.27 bits per heavy atom. The molecule has 1 amide bonds. The number of hydrogen-bond acceptors (Lipinski definition) is 6. The van der Waals surface area contributed by atoms with Crippen LogP contribution in [0.1, 0.15) is 40.0 Å². The molecular weight excluding hydrogens is 308 g/mol. The molecule has 0 aliphatic carbocycles. The summed E-state index contributed by atoms with van der Waals surface area (Å²) in [5, 5.41) is 9.67. The van der Waals surface area contributed by atoms with Crippen molar-refractivity contribution in [3.63, 3.8) is 0 Å². The van der Waals surface area contributed by atoms with Crippen molar-refractivity contribution >= 4 is 23.2 Å². The molecule has 0 radical (unpaired) electrons. The third kappa shape index (κ3) is 3.45. The Kier molecular flexibility index (Phi) is 4.70. The molecule has 0 aromatic carbocycles. The second-order valence-electron chi connectivity index (χ2n) is 5.41. The first-order valence-electron chi connectivity index (χ1n) is 7.33. The lowest BCUT2D eigenvalue weighted by Crippen LogP contribution is -2.46. The van der Waals surface area contributed by atoms with Crippen LogP contribution in [0.15, 0.2) is 6.20 Å². The lowest BCUT2D eigenvalue weighted by molar-refractivity contribution is -0.141. The average Bonchev–Trinajstić information content (AvgIpc) is 3.17. The molecule has 1 aromatic heterocycles. The van der Waals surface area contributed by atoms with Crippen LogP contribution in [0.4, 0.5) is 0 Å². The van der Waals surface area contributed by atoms with Crippen molar-refractivity contribution in [2.75, 3.05) is 26.3 Å². The number of carbonyl (C=O) groups excluding carboxylic acids is 1. The van der Waals surface area contributed by atoms with Crippen LogP contribution in [0, 0.1) is 0 Å². The van der Waals surface area contributed by atoms with Crippen molar-refractivity contribution in [2.45, 2.75) is 31.5 Å². The van der Waals surface area contributed by atoms with E-state index in [2.05, 4.69) is 4.98 Å². The fourth-order valence-electron chi connectivity index (χ4n) is 2.69. The number of rotatable bonds is 4. The monoisotopic (exact) mass is 326 g/mol. The van der Waals surface area contributed by atoms with Crippen LogP contribution in [0.2, 0.25) is 0 Å². The molecule has 1 aromatic rings. The first-order chi connectivity index (χ1) is 10.6. The first kappa shape index (κ1) is 15.4. The zero-order valence-corrected chi connectivity index (χ0v) is 12.9. The van der Waals surface area contributed by atoms with Crippen molar-refractivity contribution in [1.29, 1.82) is 0 Å². The van der Waals surface area contributed by atoms with E-state index in [4.69, 9.17) is 14.6 Å². The Balaban J connectivity index is 1.64. The number of amides is 1. The maximum atomic E-state index is 12.5. The molecular formula is C14H18N2O5S. The van der Waals surface area contributed by atoms with Crippen molar-refractivity contribution in [3.05, 3.63) is 16.1 Å². The van der Waals surface area contributed by atoms with Crippen molar-refractivity contribution in [3.8, 4) is 0 Å². The van der Waals surface area contributed by atoms with Gasteiger partial charge < -0.3 is 19.5 Å². The highest BCUT2D eigenvalue weighted by Gasteiger charge is 2.29. The topological polar surface area (TPSA) is 89.0 Å². The van der Waals surface area contributed by atoms with Gasteiger partial charge in [-0.1, -0.05) is 0 Å². The largest absolute Gasteiger partial charge is 0.481 e. The second-order valence-corrected chi connectivity index (χ2v) is 6.47. The zero-order valence-electron chi connectivity index (χ0n) is 12.1. The molecule has 2 aliphatic rings. The van der Waals surface area contributed by atoms with E-state index in [1.807, 2.05) is 0 Å². The number of carboxylic acid groups (broad SMARTS) is 1. The van der Waals surface area contributed by atoms with Gasteiger partial charge >= 0.3 is 5.97 Å². The maximum absolute atomic E-state index is 12.5. The van der Waals surface area contributed by atoms with E-state index in [1.165, 1.54) is 11.3 Å². The van der Waals surface area contributed by atoms with Crippen LogP contribution < -0.4 is 0 Å². The Morgan fingerprint density at radius 3 is 3.00 bits per heavy atom. The summed E-state index contributed by atoms with van der Waals surface area (Å²) in [5.74, 6) is -1.03. The maximum Gasteiger partial charge on any atom is 0.306 e. The second kappa shape index (κ2) is 6.72. The first-order valence-corrected chi connectivity index (χ1v) is 8.15. The Morgan fingerprint density at radius 1 is 1.41 bits per heavy atom. The van der Waals surface area contributed by atoms with Gasteiger partial charge in [-0.15, -0.1) is 11.3 Å². The van der Waals surface area contributed by atoms with E-state index in [-0.39, 0.29) is 18.4 Å². The van der Waals surface area contributed by atoms with E-state index >= 15 is 0 Å². The van der Waals surface area contributed by atoms with Crippen LogP contribution in [0.5, 0.6) is 0 Å². The van der Waals surface area contributed by atoms with E-state index in [9.17, 15) is 9.59 Å². The minimum atomic E-state index is -0.919. The zero-order chi connectivity index (χ0) is 15.5. The average molecular weight is 326 g/mol. The number of ether oxygens (including phenoxy) is 2. The quantitative estimate of drug-likeness (QED) is 0.897. The van der Waals surface area contributed by atoms with Crippen LogP contribution >= 0.6 is 11.3 Å².